The van der Waals surface area contributed by atoms with E-state index >= 15 is 0 Å². The Morgan fingerprint density at radius 3 is 1.45 bits per heavy atom. The minimum atomic E-state index is -3.69. The lowest BCUT2D eigenvalue weighted by atomic mass is 10.0. The summed E-state index contributed by atoms with van der Waals surface area (Å²) in [6.45, 7) is 0. The number of benzene rings is 6. The standard InChI is InChI=1S/C39H21N3O4S/c43-47(44)35-12-6-3-9-29(35)30-18-15-24(21-36(30)47)39-41-37(22-13-16-27-25-7-1-4-10-31(25)45-33(27)19-22)40-38(42-39)23-14-17-28-26-8-2-5-11-32(26)46-34(28)20-23/h1-21H. The molecule has 47 heavy (non-hydrogen) atoms. The second-order valence-corrected chi connectivity index (χ2v) is 13.5. The fourth-order valence-corrected chi connectivity index (χ4v) is 8.35. The summed E-state index contributed by atoms with van der Waals surface area (Å²) in [6, 6.07) is 40.1. The van der Waals surface area contributed by atoms with Crippen LogP contribution in [0.5, 0.6) is 0 Å². The minimum absolute atomic E-state index is 0.243. The number of fused-ring (bicyclic) bond motifs is 9. The van der Waals surface area contributed by atoms with Gasteiger partial charge in [-0.2, -0.15) is 0 Å². The lowest BCUT2D eigenvalue weighted by Gasteiger charge is -2.09. The molecule has 0 radical (unpaired) electrons. The molecule has 222 valence electrons. The highest BCUT2D eigenvalue weighted by Crippen LogP contribution is 2.44. The molecule has 1 aliphatic rings. The third-order valence-corrected chi connectivity index (χ3v) is 10.8. The molecule has 0 atom stereocenters. The van der Waals surface area contributed by atoms with Crippen molar-refractivity contribution in [1.82, 2.24) is 15.0 Å². The molecule has 0 unspecified atom stereocenters. The highest BCUT2D eigenvalue weighted by atomic mass is 32.2. The van der Waals surface area contributed by atoms with E-state index in [0.29, 0.717) is 39.1 Å². The van der Waals surface area contributed by atoms with Crippen LogP contribution in [0.15, 0.2) is 146 Å². The van der Waals surface area contributed by atoms with Gasteiger partial charge in [0.25, 0.3) is 0 Å². The number of hydrogen-bond donors (Lipinski definition) is 0. The first-order valence-electron chi connectivity index (χ1n) is 15.1. The van der Waals surface area contributed by atoms with Crippen LogP contribution in [0.3, 0.4) is 0 Å². The van der Waals surface area contributed by atoms with Crippen molar-refractivity contribution < 1.29 is 17.3 Å². The maximum Gasteiger partial charge on any atom is 0.207 e. The molecule has 7 nitrogen and oxygen atoms in total. The fraction of sp³-hybridized carbons (Fsp3) is 0. The van der Waals surface area contributed by atoms with Crippen LogP contribution in [0.2, 0.25) is 0 Å². The van der Waals surface area contributed by atoms with Crippen LogP contribution < -0.4 is 0 Å². The third kappa shape index (κ3) is 3.85. The van der Waals surface area contributed by atoms with Gasteiger partial charge in [-0.1, -0.05) is 78.9 Å². The SMILES string of the molecule is O=S1(=O)c2ccccc2-c2ccc(-c3nc(-c4ccc5c(c4)oc4ccccc45)nc(-c4ccc5c(c4)oc4ccccc45)n3)cc21. The molecule has 3 aromatic heterocycles. The lowest BCUT2D eigenvalue weighted by Crippen LogP contribution is -2.01. The largest absolute Gasteiger partial charge is 0.456 e. The number of aromatic nitrogens is 3. The van der Waals surface area contributed by atoms with E-state index in [-0.39, 0.29) is 4.90 Å². The Kier molecular flexibility index (Phi) is 5.25. The van der Waals surface area contributed by atoms with E-state index in [2.05, 4.69) is 0 Å². The molecule has 0 aliphatic carbocycles. The van der Waals surface area contributed by atoms with Gasteiger partial charge in [-0.05, 0) is 48.5 Å². The maximum absolute atomic E-state index is 13.6. The molecule has 0 saturated heterocycles. The highest BCUT2D eigenvalue weighted by molar-refractivity contribution is 7.92. The topological polar surface area (TPSA) is 99.1 Å². The molecule has 0 fully saturated rings. The number of nitrogens with zero attached hydrogens (tertiary/aromatic N) is 3. The van der Waals surface area contributed by atoms with Gasteiger partial charge in [-0.3, -0.25) is 0 Å². The molecular weight excluding hydrogens is 607 g/mol. The normalized spacial score (nSPS) is 13.4. The van der Waals surface area contributed by atoms with Gasteiger partial charge in [0.2, 0.25) is 9.84 Å². The van der Waals surface area contributed by atoms with Crippen molar-refractivity contribution in [1.29, 1.82) is 0 Å². The van der Waals surface area contributed by atoms with Gasteiger partial charge in [0, 0.05) is 49.4 Å². The predicted octanol–water partition coefficient (Wildman–Crippen LogP) is 9.48. The van der Waals surface area contributed by atoms with Gasteiger partial charge in [0.1, 0.15) is 22.3 Å². The Bertz CT molecular complexity index is 2760. The lowest BCUT2D eigenvalue weighted by molar-refractivity contribution is 0.598. The maximum atomic E-state index is 13.6. The van der Waals surface area contributed by atoms with Crippen LogP contribution in [0.1, 0.15) is 0 Å². The molecule has 0 bridgehead atoms. The van der Waals surface area contributed by atoms with Crippen molar-refractivity contribution in [2.24, 2.45) is 0 Å². The predicted molar refractivity (Wildman–Crippen MR) is 182 cm³/mol. The van der Waals surface area contributed by atoms with Gasteiger partial charge in [0.05, 0.1) is 9.79 Å². The summed E-state index contributed by atoms with van der Waals surface area (Å²) in [6.07, 6.45) is 0. The van der Waals surface area contributed by atoms with Crippen molar-refractivity contribution in [2.45, 2.75) is 9.79 Å². The van der Waals surface area contributed by atoms with Crippen LogP contribution >= 0.6 is 0 Å². The van der Waals surface area contributed by atoms with E-state index in [0.717, 1.165) is 55.0 Å². The van der Waals surface area contributed by atoms with Gasteiger partial charge < -0.3 is 8.83 Å². The van der Waals surface area contributed by atoms with Crippen molar-refractivity contribution >= 4 is 53.7 Å². The molecule has 0 saturated carbocycles. The molecular formula is C39H21N3O4S. The third-order valence-electron chi connectivity index (χ3n) is 8.91. The smallest absolute Gasteiger partial charge is 0.207 e. The fourth-order valence-electron chi connectivity index (χ4n) is 6.64. The Hall–Kier alpha value is -6.12. The zero-order chi connectivity index (χ0) is 31.3. The molecule has 0 spiro atoms. The van der Waals surface area contributed by atoms with Crippen LogP contribution in [0.4, 0.5) is 0 Å². The molecule has 6 aromatic carbocycles. The number of hydrogen-bond acceptors (Lipinski definition) is 7. The van der Waals surface area contributed by atoms with E-state index in [1.54, 1.807) is 18.2 Å². The summed E-state index contributed by atoms with van der Waals surface area (Å²) >= 11 is 0. The number of furan rings is 2. The first kappa shape index (κ1) is 26.1. The minimum Gasteiger partial charge on any atom is -0.456 e. The summed E-state index contributed by atoms with van der Waals surface area (Å²) in [7, 11) is -3.69. The molecule has 0 amide bonds. The van der Waals surface area contributed by atoms with Crippen molar-refractivity contribution in [3.8, 4) is 45.3 Å². The molecule has 10 rings (SSSR count). The zero-order valence-corrected chi connectivity index (χ0v) is 25.3. The quantitative estimate of drug-likeness (QED) is 0.192. The van der Waals surface area contributed by atoms with Crippen LogP contribution in [-0.4, -0.2) is 23.4 Å². The summed E-state index contributed by atoms with van der Waals surface area (Å²) < 4.78 is 39.5. The average Bonchev–Trinajstić information content (AvgIpc) is 3.75. The zero-order valence-electron chi connectivity index (χ0n) is 24.5. The molecule has 8 heteroatoms. The summed E-state index contributed by atoms with van der Waals surface area (Å²) in [5.41, 5.74) is 6.47. The molecule has 4 heterocycles. The second kappa shape index (κ2) is 9.45. The van der Waals surface area contributed by atoms with E-state index in [9.17, 15) is 8.42 Å². The van der Waals surface area contributed by atoms with E-state index < -0.39 is 9.84 Å². The summed E-state index contributed by atoms with van der Waals surface area (Å²) in [4.78, 5) is 15.3. The Balaban J connectivity index is 1.18. The highest BCUT2D eigenvalue weighted by Gasteiger charge is 2.33. The van der Waals surface area contributed by atoms with Crippen molar-refractivity contribution in [2.75, 3.05) is 0 Å². The van der Waals surface area contributed by atoms with Gasteiger partial charge in [0.15, 0.2) is 17.5 Å². The van der Waals surface area contributed by atoms with E-state index in [1.807, 2.05) is 109 Å². The second-order valence-electron chi connectivity index (χ2n) is 11.6. The van der Waals surface area contributed by atoms with Gasteiger partial charge >= 0.3 is 0 Å². The van der Waals surface area contributed by atoms with Crippen LogP contribution in [0, 0.1) is 0 Å². The first-order valence-corrected chi connectivity index (χ1v) is 16.6. The van der Waals surface area contributed by atoms with Gasteiger partial charge in [-0.15, -0.1) is 0 Å². The number of rotatable bonds is 3. The Morgan fingerprint density at radius 2 is 0.851 bits per heavy atom. The van der Waals surface area contributed by atoms with Crippen molar-refractivity contribution in [3.63, 3.8) is 0 Å². The van der Waals surface area contributed by atoms with Crippen LogP contribution in [0.25, 0.3) is 89.2 Å². The van der Waals surface area contributed by atoms with Crippen LogP contribution in [-0.2, 0) is 9.84 Å². The number of sulfone groups is 1. The summed E-state index contributed by atoms with van der Waals surface area (Å²) in [5, 5.41) is 4.06. The summed E-state index contributed by atoms with van der Waals surface area (Å²) in [5.74, 6) is 1.22. The molecule has 9 aromatic rings. The molecule has 1 aliphatic heterocycles. The Morgan fingerprint density at radius 1 is 0.404 bits per heavy atom. The van der Waals surface area contributed by atoms with E-state index in [1.165, 1.54) is 0 Å². The average molecular weight is 628 g/mol. The number of para-hydroxylation sites is 2. The molecule has 0 N–H and O–H groups in total. The Labute approximate surface area is 267 Å². The monoisotopic (exact) mass is 627 g/mol. The van der Waals surface area contributed by atoms with Gasteiger partial charge in [-0.25, -0.2) is 23.4 Å². The first-order chi connectivity index (χ1) is 23.0. The van der Waals surface area contributed by atoms with Crippen molar-refractivity contribution in [3.05, 3.63) is 127 Å². The van der Waals surface area contributed by atoms with E-state index in [4.69, 9.17) is 23.8 Å².